The van der Waals surface area contributed by atoms with Gasteiger partial charge in [-0.1, -0.05) is 12.8 Å². The lowest BCUT2D eigenvalue weighted by molar-refractivity contribution is 0.0805. The standard InChI is InChI=1S/C12H15FN2O/c13-10-7-15-6-3-9(10)11(16)12(8-14)4-1-2-5-12/h3,6-7H,1-2,4-5,8,14H2. The molecule has 2 N–H and O–H groups in total. The summed E-state index contributed by atoms with van der Waals surface area (Å²) in [5.41, 5.74) is 5.29. The molecule has 0 amide bonds. The Hall–Kier alpha value is -1.29. The monoisotopic (exact) mass is 222 g/mol. The van der Waals surface area contributed by atoms with Crippen LogP contribution in [0, 0.1) is 11.2 Å². The minimum atomic E-state index is -0.549. The molecule has 0 saturated heterocycles. The first-order valence-electron chi connectivity index (χ1n) is 5.54. The van der Waals surface area contributed by atoms with Crippen molar-refractivity contribution < 1.29 is 9.18 Å². The van der Waals surface area contributed by atoms with Gasteiger partial charge in [0.1, 0.15) is 0 Å². The quantitative estimate of drug-likeness (QED) is 0.795. The van der Waals surface area contributed by atoms with Crippen molar-refractivity contribution in [1.82, 2.24) is 4.98 Å². The van der Waals surface area contributed by atoms with Crippen LogP contribution in [0.3, 0.4) is 0 Å². The van der Waals surface area contributed by atoms with Crippen LogP contribution in [0.2, 0.25) is 0 Å². The fourth-order valence-electron chi connectivity index (χ4n) is 2.42. The zero-order valence-corrected chi connectivity index (χ0v) is 9.08. The number of carbonyl (C=O) groups is 1. The predicted octanol–water partition coefficient (Wildman–Crippen LogP) is 1.92. The van der Waals surface area contributed by atoms with Gasteiger partial charge in [0.05, 0.1) is 11.8 Å². The molecule has 3 nitrogen and oxygen atoms in total. The molecule has 0 spiro atoms. The first-order valence-corrected chi connectivity index (χ1v) is 5.54. The predicted molar refractivity (Wildman–Crippen MR) is 58.5 cm³/mol. The number of halogens is 1. The van der Waals surface area contributed by atoms with Crippen LogP contribution in [0.4, 0.5) is 4.39 Å². The highest BCUT2D eigenvalue weighted by molar-refractivity contribution is 6.01. The van der Waals surface area contributed by atoms with Gasteiger partial charge < -0.3 is 5.73 Å². The molecule has 1 aliphatic carbocycles. The van der Waals surface area contributed by atoms with Crippen LogP contribution in [0.15, 0.2) is 18.5 Å². The second-order valence-corrected chi connectivity index (χ2v) is 4.38. The summed E-state index contributed by atoms with van der Waals surface area (Å²) in [4.78, 5) is 15.9. The normalized spacial score (nSPS) is 18.6. The van der Waals surface area contributed by atoms with E-state index in [0.717, 1.165) is 31.9 Å². The van der Waals surface area contributed by atoms with Crippen LogP contribution in [-0.4, -0.2) is 17.3 Å². The van der Waals surface area contributed by atoms with E-state index in [9.17, 15) is 9.18 Å². The topological polar surface area (TPSA) is 56.0 Å². The molecule has 0 aromatic carbocycles. The molecule has 86 valence electrons. The van der Waals surface area contributed by atoms with E-state index in [1.807, 2.05) is 0 Å². The summed E-state index contributed by atoms with van der Waals surface area (Å²) in [5.74, 6) is -0.709. The fourth-order valence-corrected chi connectivity index (χ4v) is 2.42. The van der Waals surface area contributed by atoms with E-state index in [1.165, 1.54) is 12.3 Å². The number of ketones is 1. The maximum absolute atomic E-state index is 13.5. The molecule has 0 bridgehead atoms. The number of aromatic nitrogens is 1. The summed E-state index contributed by atoms with van der Waals surface area (Å²) in [7, 11) is 0. The zero-order valence-electron chi connectivity index (χ0n) is 9.08. The summed E-state index contributed by atoms with van der Waals surface area (Å²) in [6, 6.07) is 1.44. The van der Waals surface area contributed by atoms with Crippen LogP contribution in [0.5, 0.6) is 0 Å². The lowest BCUT2D eigenvalue weighted by atomic mass is 9.79. The summed E-state index contributed by atoms with van der Waals surface area (Å²) < 4.78 is 13.5. The van der Waals surface area contributed by atoms with E-state index in [2.05, 4.69) is 4.98 Å². The van der Waals surface area contributed by atoms with E-state index in [-0.39, 0.29) is 11.3 Å². The lowest BCUT2D eigenvalue weighted by Crippen LogP contribution is -2.36. The second-order valence-electron chi connectivity index (χ2n) is 4.38. The number of nitrogens with two attached hydrogens (primary N) is 1. The molecule has 0 atom stereocenters. The molecule has 16 heavy (non-hydrogen) atoms. The maximum atomic E-state index is 13.5. The van der Waals surface area contributed by atoms with Crippen LogP contribution in [0.25, 0.3) is 0 Å². The average Bonchev–Trinajstić information content (AvgIpc) is 2.78. The van der Waals surface area contributed by atoms with Gasteiger partial charge in [0.15, 0.2) is 11.6 Å². The van der Waals surface area contributed by atoms with Crippen molar-refractivity contribution in [3.05, 3.63) is 29.8 Å². The SMILES string of the molecule is NCC1(C(=O)c2ccncc2F)CCCC1. The molecule has 4 heteroatoms. The Morgan fingerprint density at radius 2 is 2.19 bits per heavy atom. The first-order chi connectivity index (χ1) is 7.69. The smallest absolute Gasteiger partial charge is 0.173 e. The van der Waals surface area contributed by atoms with E-state index in [1.54, 1.807) is 0 Å². The van der Waals surface area contributed by atoms with E-state index >= 15 is 0 Å². The van der Waals surface area contributed by atoms with Crippen LogP contribution in [-0.2, 0) is 0 Å². The molecule has 1 aromatic heterocycles. The molecule has 2 rings (SSSR count). The van der Waals surface area contributed by atoms with Crippen LogP contribution >= 0.6 is 0 Å². The largest absolute Gasteiger partial charge is 0.329 e. The maximum Gasteiger partial charge on any atom is 0.173 e. The minimum Gasteiger partial charge on any atom is -0.329 e. The van der Waals surface area contributed by atoms with Crippen LogP contribution < -0.4 is 5.73 Å². The minimum absolute atomic E-state index is 0.127. The third-order valence-electron chi connectivity index (χ3n) is 3.45. The molecule has 0 radical (unpaired) electrons. The summed E-state index contributed by atoms with van der Waals surface area (Å²) in [6.07, 6.45) is 6.04. The third kappa shape index (κ3) is 1.73. The van der Waals surface area contributed by atoms with Gasteiger partial charge >= 0.3 is 0 Å². The molecule has 1 heterocycles. The van der Waals surface area contributed by atoms with Crippen molar-refractivity contribution in [3.63, 3.8) is 0 Å². The molecule has 1 saturated carbocycles. The molecule has 0 unspecified atom stereocenters. The molecule has 1 fully saturated rings. The van der Waals surface area contributed by atoms with Gasteiger partial charge in [-0.15, -0.1) is 0 Å². The molecular formula is C12H15FN2O. The Bertz CT molecular complexity index is 400. The van der Waals surface area contributed by atoms with Gasteiger partial charge in [-0.05, 0) is 18.9 Å². The van der Waals surface area contributed by atoms with Crippen molar-refractivity contribution in [2.24, 2.45) is 11.1 Å². The Morgan fingerprint density at radius 3 is 2.75 bits per heavy atom. The van der Waals surface area contributed by atoms with Crippen molar-refractivity contribution in [2.75, 3.05) is 6.54 Å². The number of Topliss-reactive ketones (excluding diaryl/α,β-unsaturated/α-hetero) is 1. The first kappa shape index (κ1) is 11.2. The second kappa shape index (κ2) is 4.29. The number of hydrogen-bond donors (Lipinski definition) is 1. The van der Waals surface area contributed by atoms with Gasteiger partial charge in [-0.3, -0.25) is 9.78 Å². The highest BCUT2D eigenvalue weighted by Gasteiger charge is 2.40. The van der Waals surface area contributed by atoms with E-state index in [0.29, 0.717) is 6.54 Å². The van der Waals surface area contributed by atoms with Gasteiger partial charge in [-0.25, -0.2) is 4.39 Å². The van der Waals surface area contributed by atoms with Crippen molar-refractivity contribution in [2.45, 2.75) is 25.7 Å². The van der Waals surface area contributed by atoms with Crippen molar-refractivity contribution in [3.8, 4) is 0 Å². The third-order valence-corrected chi connectivity index (χ3v) is 3.45. The van der Waals surface area contributed by atoms with Gasteiger partial charge in [0.25, 0.3) is 0 Å². The van der Waals surface area contributed by atoms with E-state index in [4.69, 9.17) is 5.73 Å². The summed E-state index contributed by atoms with van der Waals surface area (Å²) in [5, 5.41) is 0. The molecular weight excluding hydrogens is 207 g/mol. The number of hydrogen-bond acceptors (Lipinski definition) is 3. The van der Waals surface area contributed by atoms with Gasteiger partial charge in [0, 0.05) is 18.2 Å². The Kier molecular flexibility index (Phi) is 3.01. The lowest BCUT2D eigenvalue weighted by Gasteiger charge is -2.25. The average molecular weight is 222 g/mol. The highest BCUT2D eigenvalue weighted by atomic mass is 19.1. The Morgan fingerprint density at radius 1 is 1.50 bits per heavy atom. The van der Waals surface area contributed by atoms with E-state index < -0.39 is 11.2 Å². The van der Waals surface area contributed by atoms with Crippen molar-refractivity contribution in [1.29, 1.82) is 0 Å². The molecule has 1 aliphatic rings. The number of nitrogens with zero attached hydrogens (tertiary/aromatic N) is 1. The molecule has 1 aromatic rings. The summed E-state index contributed by atoms with van der Waals surface area (Å²) >= 11 is 0. The Labute approximate surface area is 93.9 Å². The molecule has 0 aliphatic heterocycles. The number of carbonyl (C=O) groups excluding carboxylic acids is 1. The van der Waals surface area contributed by atoms with Gasteiger partial charge in [0.2, 0.25) is 0 Å². The zero-order chi connectivity index (χ0) is 11.6. The fraction of sp³-hybridized carbons (Fsp3) is 0.500. The number of pyridine rings is 1. The van der Waals surface area contributed by atoms with Gasteiger partial charge in [-0.2, -0.15) is 0 Å². The van der Waals surface area contributed by atoms with Crippen LogP contribution in [0.1, 0.15) is 36.0 Å². The highest BCUT2D eigenvalue weighted by Crippen LogP contribution is 2.40. The summed E-state index contributed by atoms with van der Waals surface area (Å²) in [6.45, 7) is 0.299. The number of rotatable bonds is 3. The van der Waals surface area contributed by atoms with Crippen molar-refractivity contribution >= 4 is 5.78 Å². The Balaban J connectivity index is 2.34.